The maximum atomic E-state index is 12.4. The van der Waals surface area contributed by atoms with Gasteiger partial charge in [0.25, 0.3) is 5.91 Å². The van der Waals surface area contributed by atoms with Gasteiger partial charge >= 0.3 is 0 Å². The van der Waals surface area contributed by atoms with E-state index in [-0.39, 0.29) is 5.91 Å². The predicted octanol–water partition coefficient (Wildman–Crippen LogP) is 3.57. The molecule has 3 nitrogen and oxygen atoms in total. The smallest absolute Gasteiger partial charge is 0.270 e. The second-order valence-electron chi connectivity index (χ2n) is 4.64. The van der Waals surface area contributed by atoms with Gasteiger partial charge in [-0.2, -0.15) is 0 Å². The first kappa shape index (κ1) is 12.7. The number of carbonyl (C=O) groups is 1. The second kappa shape index (κ2) is 5.71. The van der Waals surface area contributed by atoms with Gasteiger partial charge in [-0.25, -0.2) is 0 Å². The Balaban J connectivity index is 2.15. The predicted molar refractivity (Wildman–Crippen MR) is 72.1 cm³/mol. The van der Waals surface area contributed by atoms with E-state index in [1.165, 1.54) is 12.8 Å². The van der Waals surface area contributed by atoms with Gasteiger partial charge in [0.15, 0.2) is 0 Å². The van der Waals surface area contributed by atoms with Crippen LogP contribution in [-0.2, 0) is 0 Å². The van der Waals surface area contributed by atoms with Crippen LogP contribution in [0.25, 0.3) is 0 Å². The molecule has 2 rings (SSSR count). The van der Waals surface area contributed by atoms with Gasteiger partial charge in [0.05, 0.1) is 0 Å². The van der Waals surface area contributed by atoms with Crippen LogP contribution in [0.3, 0.4) is 0 Å². The largest absolute Gasteiger partial charge is 0.356 e. The number of H-pyrrole nitrogens is 1. The van der Waals surface area contributed by atoms with Gasteiger partial charge in [0, 0.05) is 23.3 Å². The molecule has 0 aromatic carbocycles. The van der Waals surface area contributed by atoms with E-state index >= 15 is 0 Å². The van der Waals surface area contributed by atoms with Crippen LogP contribution in [0.2, 0.25) is 0 Å². The van der Waals surface area contributed by atoms with Crippen LogP contribution in [0.4, 0.5) is 0 Å². The number of hydrogen-bond acceptors (Lipinski definition) is 1. The molecule has 0 radical (unpaired) electrons. The summed E-state index contributed by atoms with van der Waals surface area (Å²) in [6.07, 6.45) is 7.62. The van der Waals surface area contributed by atoms with E-state index in [4.69, 9.17) is 0 Å². The van der Waals surface area contributed by atoms with Crippen molar-refractivity contribution < 1.29 is 4.79 Å². The molecule has 1 aliphatic rings. The number of halogens is 1. The summed E-state index contributed by atoms with van der Waals surface area (Å²) < 4.78 is 0.934. The highest BCUT2D eigenvalue weighted by Gasteiger charge is 2.25. The van der Waals surface area contributed by atoms with Crippen molar-refractivity contribution in [1.82, 2.24) is 9.88 Å². The van der Waals surface area contributed by atoms with Crippen LogP contribution in [0, 0.1) is 0 Å². The first-order valence-corrected chi connectivity index (χ1v) is 7.16. The third kappa shape index (κ3) is 2.92. The molecule has 2 heterocycles. The van der Waals surface area contributed by atoms with Crippen LogP contribution >= 0.6 is 15.9 Å². The fraction of sp³-hybridized carbons (Fsp3) is 0.615. The van der Waals surface area contributed by atoms with E-state index in [9.17, 15) is 4.79 Å². The van der Waals surface area contributed by atoms with Crippen LogP contribution in [0.1, 0.15) is 49.5 Å². The number of aromatic nitrogens is 1. The quantitative estimate of drug-likeness (QED) is 0.890. The molecule has 94 valence electrons. The molecule has 1 aromatic heterocycles. The number of carbonyl (C=O) groups excluding carboxylic acids is 1. The zero-order valence-corrected chi connectivity index (χ0v) is 11.8. The van der Waals surface area contributed by atoms with E-state index < -0.39 is 0 Å². The monoisotopic (exact) mass is 298 g/mol. The minimum Gasteiger partial charge on any atom is -0.356 e. The highest BCUT2D eigenvalue weighted by Crippen LogP contribution is 2.22. The van der Waals surface area contributed by atoms with Crippen molar-refractivity contribution in [3.05, 3.63) is 22.4 Å². The average molecular weight is 299 g/mol. The van der Waals surface area contributed by atoms with Crippen molar-refractivity contribution in [1.29, 1.82) is 0 Å². The summed E-state index contributed by atoms with van der Waals surface area (Å²) in [5.74, 6) is 0.143. The highest BCUT2D eigenvalue weighted by molar-refractivity contribution is 9.10. The second-order valence-corrected chi connectivity index (χ2v) is 5.56. The fourth-order valence-electron chi connectivity index (χ4n) is 2.52. The summed E-state index contributed by atoms with van der Waals surface area (Å²) >= 11 is 3.37. The van der Waals surface area contributed by atoms with E-state index in [1.54, 1.807) is 0 Å². The van der Waals surface area contributed by atoms with E-state index in [0.717, 1.165) is 30.3 Å². The van der Waals surface area contributed by atoms with Gasteiger partial charge in [0.2, 0.25) is 0 Å². The Kier molecular flexibility index (Phi) is 4.26. The normalized spacial score (nSPS) is 21.3. The van der Waals surface area contributed by atoms with E-state index in [0.29, 0.717) is 11.7 Å². The number of rotatable bonds is 2. The lowest BCUT2D eigenvalue weighted by molar-refractivity contribution is 0.0673. The summed E-state index contributed by atoms with van der Waals surface area (Å²) in [7, 11) is 0. The number of amides is 1. The SMILES string of the molecule is CCC1CCCCCN1C(=O)c1cc(Br)c[nH]1. The Morgan fingerprint density at radius 3 is 3.00 bits per heavy atom. The number of likely N-dealkylation sites (tertiary alicyclic amines) is 1. The van der Waals surface area contributed by atoms with Crippen molar-refractivity contribution >= 4 is 21.8 Å². The molecule has 1 aliphatic heterocycles. The highest BCUT2D eigenvalue weighted by atomic mass is 79.9. The molecule has 1 amide bonds. The molecule has 1 saturated heterocycles. The molecule has 1 unspecified atom stereocenters. The minimum atomic E-state index is 0.143. The van der Waals surface area contributed by atoms with Crippen molar-refractivity contribution in [2.24, 2.45) is 0 Å². The topological polar surface area (TPSA) is 36.1 Å². The summed E-state index contributed by atoms with van der Waals surface area (Å²) in [4.78, 5) is 17.5. The summed E-state index contributed by atoms with van der Waals surface area (Å²) in [5, 5.41) is 0. The maximum absolute atomic E-state index is 12.4. The molecule has 0 bridgehead atoms. The lowest BCUT2D eigenvalue weighted by Gasteiger charge is -2.28. The number of hydrogen-bond donors (Lipinski definition) is 1. The van der Waals surface area contributed by atoms with Gasteiger partial charge in [-0.05, 0) is 41.3 Å². The molecule has 1 aromatic rings. The number of nitrogens with one attached hydrogen (secondary N) is 1. The third-order valence-corrected chi connectivity index (χ3v) is 3.95. The standard InChI is InChI=1S/C13H19BrN2O/c1-2-11-6-4-3-5-7-16(11)13(17)12-8-10(14)9-15-12/h8-9,11,15H,2-7H2,1H3. The Hall–Kier alpha value is -0.770. The first-order valence-electron chi connectivity index (χ1n) is 6.37. The molecule has 1 fully saturated rings. The molecular weight excluding hydrogens is 280 g/mol. The van der Waals surface area contributed by atoms with Crippen LogP contribution < -0.4 is 0 Å². The van der Waals surface area contributed by atoms with Gasteiger partial charge in [0.1, 0.15) is 5.69 Å². The van der Waals surface area contributed by atoms with E-state index in [2.05, 4.69) is 27.8 Å². The first-order chi connectivity index (χ1) is 8.22. The Morgan fingerprint density at radius 2 is 2.35 bits per heavy atom. The molecule has 17 heavy (non-hydrogen) atoms. The van der Waals surface area contributed by atoms with Gasteiger partial charge in [-0.1, -0.05) is 19.8 Å². The lowest BCUT2D eigenvalue weighted by Crippen LogP contribution is -2.39. The van der Waals surface area contributed by atoms with Crippen molar-refractivity contribution in [2.75, 3.05) is 6.54 Å². The molecule has 0 aliphatic carbocycles. The summed E-state index contributed by atoms with van der Waals surface area (Å²) in [5.41, 5.74) is 0.692. The van der Waals surface area contributed by atoms with Crippen LogP contribution in [-0.4, -0.2) is 28.4 Å². The Labute approximate surface area is 111 Å². The molecule has 1 N–H and O–H groups in total. The zero-order valence-electron chi connectivity index (χ0n) is 10.2. The number of aromatic amines is 1. The fourth-order valence-corrected chi connectivity index (χ4v) is 2.86. The molecule has 4 heteroatoms. The van der Waals surface area contributed by atoms with E-state index in [1.807, 2.05) is 17.2 Å². The average Bonchev–Trinajstić information content (AvgIpc) is 2.64. The van der Waals surface area contributed by atoms with Crippen molar-refractivity contribution in [3.63, 3.8) is 0 Å². The van der Waals surface area contributed by atoms with Crippen LogP contribution in [0.15, 0.2) is 16.7 Å². The van der Waals surface area contributed by atoms with Crippen molar-refractivity contribution in [3.8, 4) is 0 Å². The molecule has 0 saturated carbocycles. The Morgan fingerprint density at radius 1 is 1.53 bits per heavy atom. The molecule has 1 atom stereocenters. The zero-order chi connectivity index (χ0) is 12.3. The molecule has 0 spiro atoms. The minimum absolute atomic E-state index is 0.143. The summed E-state index contributed by atoms with van der Waals surface area (Å²) in [6.45, 7) is 3.06. The Bertz CT molecular complexity index is 389. The maximum Gasteiger partial charge on any atom is 0.270 e. The van der Waals surface area contributed by atoms with Crippen molar-refractivity contribution in [2.45, 2.75) is 45.1 Å². The summed E-state index contributed by atoms with van der Waals surface area (Å²) in [6, 6.07) is 2.27. The molecular formula is C13H19BrN2O. The number of nitrogens with zero attached hydrogens (tertiary/aromatic N) is 1. The van der Waals surface area contributed by atoms with Gasteiger partial charge in [-0.3, -0.25) is 4.79 Å². The third-order valence-electron chi connectivity index (χ3n) is 3.49. The lowest BCUT2D eigenvalue weighted by atomic mass is 10.1. The van der Waals surface area contributed by atoms with Crippen LogP contribution in [0.5, 0.6) is 0 Å². The van der Waals surface area contributed by atoms with Gasteiger partial charge in [-0.15, -0.1) is 0 Å². The van der Waals surface area contributed by atoms with Gasteiger partial charge < -0.3 is 9.88 Å².